The molecule has 0 saturated carbocycles. The summed E-state index contributed by atoms with van der Waals surface area (Å²) in [6.07, 6.45) is 1.14. The van der Waals surface area contributed by atoms with Crippen molar-refractivity contribution in [3.63, 3.8) is 0 Å². The van der Waals surface area contributed by atoms with Crippen LogP contribution >= 0.6 is 0 Å². The van der Waals surface area contributed by atoms with Gasteiger partial charge in [0.1, 0.15) is 0 Å². The molecule has 1 aromatic rings. The minimum atomic E-state index is 0.173. The van der Waals surface area contributed by atoms with Gasteiger partial charge in [-0.1, -0.05) is 18.2 Å². The summed E-state index contributed by atoms with van der Waals surface area (Å²) in [7, 11) is 2.11. The Hall–Kier alpha value is -1.06. The largest absolute Gasteiger partial charge is 0.377 e. The molecule has 0 heterocycles. The first-order chi connectivity index (χ1) is 8.19. The molecular weight excluding hydrogens is 212 g/mol. The standard InChI is InChI=1S/C14H24N2O/c1-4-17-13(11-15)9-10-16(3)14-8-6-5-7-12(14)2/h5-8,13H,4,9-11,15H2,1-3H3. The van der Waals surface area contributed by atoms with Crippen molar-refractivity contribution in [2.75, 3.05) is 31.6 Å². The number of ether oxygens (including phenoxy) is 1. The van der Waals surface area contributed by atoms with Crippen LogP contribution in [0.3, 0.4) is 0 Å². The Balaban J connectivity index is 2.49. The predicted molar refractivity (Wildman–Crippen MR) is 73.5 cm³/mol. The van der Waals surface area contributed by atoms with Crippen LogP contribution in [-0.4, -0.2) is 32.8 Å². The molecule has 2 N–H and O–H groups in total. The third-order valence-electron chi connectivity index (χ3n) is 2.98. The van der Waals surface area contributed by atoms with Crippen LogP contribution in [0.1, 0.15) is 18.9 Å². The summed E-state index contributed by atoms with van der Waals surface area (Å²) in [5, 5.41) is 0. The Morgan fingerprint density at radius 1 is 1.35 bits per heavy atom. The average molecular weight is 236 g/mol. The third-order valence-corrected chi connectivity index (χ3v) is 2.98. The van der Waals surface area contributed by atoms with Gasteiger partial charge in [0, 0.05) is 32.4 Å². The zero-order chi connectivity index (χ0) is 12.7. The van der Waals surface area contributed by atoms with Crippen LogP contribution in [0.5, 0.6) is 0 Å². The van der Waals surface area contributed by atoms with Gasteiger partial charge in [0.2, 0.25) is 0 Å². The van der Waals surface area contributed by atoms with Crippen molar-refractivity contribution in [1.29, 1.82) is 0 Å². The molecule has 1 unspecified atom stereocenters. The third kappa shape index (κ3) is 4.36. The van der Waals surface area contributed by atoms with Gasteiger partial charge in [-0.3, -0.25) is 0 Å². The van der Waals surface area contributed by atoms with Gasteiger partial charge in [0.15, 0.2) is 0 Å². The van der Waals surface area contributed by atoms with Gasteiger partial charge in [-0.25, -0.2) is 0 Å². The lowest BCUT2D eigenvalue weighted by atomic mass is 10.1. The van der Waals surface area contributed by atoms with E-state index in [0.29, 0.717) is 6.54 Å². The highest BCUT2D eigenvalue weighted by molar-refractivity contribution is 5.52. The molecule has 0 radical (unpaired) electrons. The molecule has 0 fully saturated rings. The molecule has 0 saturated heterocycles. The second-order valence-corrected chi connectivity index (χ2v) is 4.31. The van der Waals surface area contributed by atoms with Gasteiger partial charge in [-0.15, -0.1) is 0 Å². The average Bonchev–Trinajstić information content (AvgIpc) is 2.34. The summed E-state index contributed by atoms with van der Waals surface area (Å²) in [5.74, 6) is 0. The Morgan fingerprint density at radius 3 is 2.65 bits per heavy atom. The number of nitrogens with zero attached hydrogens (tertiary/aromatic N) is 1. The number of para-hydroxylation sites is 1. The molecule has 0 aliphatic heterocycles. The van der Waals surface area contributed by atoms with Crippen LogP contribution in [0.4, 0.5) is 5.69 Å². The van der Waals surface area contributed by atoms with Crippen LogP contribution < -0.4 is 10.6 Å². The summed E-state index contributed by atoms with van der Waals surface area (Å²) >= 11 is 0. The monoisotopic (exact) mass is 236 g/mol. The van der Waals surface area contributed by atoms with E-state index >= 15 is 0 Å². The van der Waals surface area contributed by atoms with Crippen LogP contribution in [0.15, 0.2) is 24.3 Å². The number of hydrogen-bond donors (Lipinski definition) is 1. The Bertz CT molecular complexity index is 328. The van der Waals surface area contributed by atoms with E-state index in [2.05, 4.69) is 43.1 Å². The van der Waals surface area contributed by atoms with Crippen molar-refractivity contribution in [1.82, 2.24) is 0 Å². The van der Waals surface area contributed by atoms with Crippen molar-refractivity contribution in [2.45, 2.75) is 26.4 Å². The first-order valence-electron chi connectivity index (χ1n) is 6.27. The van der Waals surface area contributed by atoms with Crippen molar-refractivity contribution < 1.29 is 4.74 Å². The molecule has 0 aliphatic rings. The highest BCUT2D eigenvalue weighted by atomic mass is 16.5. The zero-order valence-corrected chi connectivity index (χ0v) is 11.1. The van der Waals surface area contributed by atoms with Crippen LogP contribution in [-0.2, 0) is 4.74 Å². The molecule has 0 spiro atoms. The molecule has 3 nitrogen and oxygen atoms in total. The Labute approximate surface area is 105 Å². The van der Waals surface area contributed by atoms with E-state index in [-0.39, 0.29) is 6.10 Å². The summed E-state index contributed by atoms with van der Waals surface area (Å²) in [6.45, 7) is 6.43. The van der Waals surface area contributed by atoms with Crippen LogP contribution in [0, 0.1) is 6.92 Å². The molecule has 17 heavy (non-hydrogen) atoms. The smallest absolute Gasteiger partial charge is 0.0713 e. The lowest BCUT2D eigenvalue weighted by Crippen LogP contribution is -2.30. The highest BCUT2D eigenvalue weighted by Crippen LogP contribution is 2.18. The quantitative estimate of drug-likeness (QED) is 0.788. The number of aryl methyl sites for hydroxylation is 1. The zero-order valence-electron chi connectivity index (χ0n) is 11.1. The fourth-order valence-electron chi connectivity index (χ4n) is 1.95. The summed E-state index contributed by atoms with van der Waals surface area (Å²) < 4.78 is 5.56. The molecule has 96 valence electrons. The van der Waals surface area contributed by atoms with Gasteiger partial charge in [-0.2, -0.15) is 0 Å². The topological polar surface area (TPSA) is 38.5 Å². The molecule has 1 aromatic carbocycles. The van der Waals surface area contributed by atoms with E-state index in [1.54, 1.807) is 0 Å². The van der Waals surface area contributed by atoms with Crippen LogP contribution in [0.2, 0.25) is 0 Å². The fourth-order valence-corrected chi connectivity index (χ4v) is 1.95. The first-order valence-corrected chi connectivity index (χ1v) is 6.27. The van der Waals surface area contributed by atoms with Gasteiger partial charge in [0.25, 0.3) is 0 Å². The Kier molecular flexibility index (Phi) is 6.01. The van der Waals surface area contributed by atoms with Gasteiger partial charge in [-0.05, 0) is 31.9 Å². The van der Waals surface area contributed by atoms with Gasteiger partial charge < -0.3 is 15.4 Å². The molecule has 1 rings (SSSR count). The molecule has 0 bridgehead atoms. The minimum absolute atomic E-state index is 0.173. The number of benzene rings is 1. The molecular formula is C14H24N2O. The van der Waals surface area contributed by atoms with Crippen molar-refractivity contribution in [3.05, 3.63) is 29.8 Å². The van der Waals surface area contributed by atoms with E-state index in [1.807, 2.05) is 6.92 Å². The molecule has 0 aliphatic carbocycles. The van der Waals surface area contributed by atoms with Gasteiger partial charge in [0.05, 0.1) is 6.10 Å². The predicted octanol–water partition coefficient (Wildman–Crippen LogP) is 2.19. The minimum Gasteiger partial charge on any atom is -0.377 e. The molecule has 3 heteroatoms. The normalized spacial score (nSPS) is 12.5. The lowest BCUT2D eigenvalue weighted by molar-refractivity contribution is 0.0646. The molecule has 0 aromatic heterocycles. The number of anilines is 1. The highest BCUT2D eigenvalue weighted by Gasteiger charge is 2.09. The summed E-state index contributed by atoms with van der Waals surface area (Å²) in [4.78, 5) is 2.26. The van der Waals surface area contributed by atoms with E-state index < -0.39 is 0 Å². The maximum absolute atomic E-state index is 5.67. The first kappa shape index (κ1) is 14.0. The van der Waals surface area contributed by atoms with Crippen molar-refractivity contribution >= 4 is 5.69 Å². The van der Waals surface area contributed by atoms with Crippen molar-refractivity contribution in [2.24, 2.45) is 5.73 Å². The van der Waals surface area contributed by atoms with E-state index in [9.17, 15) is 0 Å². The SMILES string of the molecule is CCOC(CN)CCN(C)c1ccccc1C. The van der Waals surface area contributed by atoms with Gasteiger partial charge >= 0.3 is 0 Å². The summed E-state index contributed by atoms with van der Waals surface area (Å²) in [6, 6.07) is 8.42. The van der Waals surface area contributed by atoms with Crippen LogP contribution in [0.25, 0.3) is 0 Å². The van der Waals surface area contributed by atoms with E-state index in [0.717, 1.165) is 19.6 Å². The fraction of sp³-hybridized carbons (Fsp3) is 0.571. The lowest BCUT2D eigenvalue weighted by Gasteiger charge is -2.24. The maximum atomic E-state index is 5.67. The molecule has 1 atom stereocenters. The van der Waals surface area contributed by atoms with Crippen molar-refractivity contribution in [3.8, 4) is 0 Å². The Morgan fingerprint density at radius 2 is 2.06 bits per heavy atom. The summed E-state index contributed by atoms with van der Waals surface area (Å²) in [5.41, 5.74) is 8.25. The second-order valence-electron chi connectivity index (χ2n) is 4.31. The number of rotatable bonds is 7. The maximum Gasteiger partial charge on any atom is 0.0713 e. The number of hydrogen-bond acceptors (Lipinski definition) is 3. The van der Waals surface area contributed by atoms with E-state index in [1.165, 1.54) is 11.3 Å². The number of nitrogens with two attached hydrogens (primary N) is 1. The second kappa shape index (κ2) is 7.30. The van der Waals surface area contributed by atoms with E-state index in [4.69, 9.17) is 10.5 Å². The molecule has 0 amide bonds.